The van der Waals surface area contributed by atoms with Crippen molar-refractivity contribution in [3.63, 3.8) is 0 Å². The second kappa shape index (κ2) is 5.69. The summed E-state index contributed by atoms with van der Waals surface area (Å²) in [5.74, 6) is 0.845. The molecule has 2 heteroatoms. The van der Waals surface area contributed by atoms with Gasteiger partial charge in [-0.15, -0.1) is 0 Å². The summed E-state index contributed by atoms with van der Waals surface area (Å²) in [4.78, 5) is 0. The fourth-order valence-electron chi connectivity index (χ4n) is 2.03. The van der Waals surface area contributed by atoms with Gasteiger partial charge < -0.3 is 9.47 Å². The molecule has 0 heterocycles. The summed E-state index contributed by atoms with van der Waals surface area (Å²) in [5.41, 5.74) is 1.11. The zero-order valence-corrected chi connectivity index (χ0v) is 10.8. The van der Waals surface area contributed by atoms with Crippen LogP contribution in [0.3, 0.4) is 0 Å². The van der Waals surface area contributed by atoms with E-state index in [0.717, 1.165) is 22.1 Å². The fraction of sp³-hybridized carbons (Fsp3) is 0.250. The van der Waals surface area contributed by atoms with Gasteiger partial charge in [0.05, 0.1) is 0 Å². The maximum atomic E-state index is 5.81. The third kappa shape index (κ3) is 2.54. The molecule has 0 aromatic heterocycles. The summed E-state index contributed by atoms with van der Waals surface area (Å²) in [5, 5.41) is 2.23. The van der Waals surface area contributed by atoms with Gasteiger partial charge in [0, 0.05) is 12.0 Å². The molecule has 0 saturated heterocycles. The Kier molecular flexibility index (Phi) is 4.00. The van der Waals surface area contributed by atoms with Crippen LogP contribution in [0.15, 0.2) is 43.0 Å². The van der Waals surface area contributed by atoms with Crippen LogP contribution < -0.4 is 4.74 Å². The molecule has 0 fully saturated rings. The van der Waals surface area contributed by atoms with Crippen LogP contribution in [0, 0.1) is 0 Å². The molecule has 0 aliphatic rings. The first-order valence-corrected chi connectivity index (χ1v) is 6.18. The molecular weight excluding hydrogens is 224 g/mol. The minimum Gasteiger partial charge on any atom is -0.465 e. The Morgan fingerprint density at radius 3 is 2.61 bits per heavy atom. The SMILES string of the molecule is C=Cc1cccc2c(OC(C)OCC)cccc12. The normalized spacial score (nSPS) is 12.3. The Morgan fingerprint density at radius 1 is 1.17 bits per heavy atom. The Labute approximate surface area is 108 Å². The van der Waals surface area contributed by atoms with Crippen LogP contribution in [-0.4, -0.2) is 12.9 Å². The molecule has 2 aromatic rings. The Bertz CT molecular complexity index is 546. The minimum absolute atomic E-state index is 0.243. The largest absolute Gasteiger partial charge is 0.465 e. The number of hydrogen-bond donors (Lipinski definition) is 0. The number of hydrogen-bond acceptors (Lipinski definition) is 2. The monoisotopic (exact) mass is 242 g/mol. The molecule has 0 aliphatic heterocycles. The summed E-state index contributed by atoms with van der Waals surface area (Å²) >= 11 is 0. The molecule has 0 radical (unpaired) electrons. The maximum Gasteiger partial charge on any atom is 0.196 e. The lowest BCUT2D eigenvalue weighted by Gasteiger charge is -2.16. The molecule has 2 nitrogen and oxygen atoms in total. The van der Waals surface area contributed by atoms with Crippen LogP contribution in [0.1, 0.15) is 19.4 Å². The van der Waals surface area contributed by atoms with Gasteiger partial charge in [0.1, 0.15) is 5.75 Å². The van der Waals surface area contributed by atoms with Gasteiger partial charge in [-0.1, -0.05) is 43.0 Å². The Hall–Kier alpha value is -1.80. The van der Waals surface area contributed by atoms with Crippen molar-refractivity contribution in [3.8, 4) is 5.75 Å². The summed E-state index contributed by atoms with van der Waals surface area (Å²) in [7, 11) is 0. The van der Waals surface area contributed by atoms with Crippen molar-refractivity contribution >= 4 is 16.8 Å². The fourth-order valence-corrected chi connectivity index (χ4v) is 2.03. The van der Waals surface area contributed by atoms with E-state index in [1.165, 1.54) is 0 Å². The van der Waals surface area contributed by atoms with Crippen molar-refractivity contribution in [2.24, 2.45) is 0 Å². The first-order chi connectivity index (χ1) is 8.76. The zero-order chi connectivity index (χ0) is 13.0. The summed E-state index contributed by atoms with van der Waals surface area (Å²) < 4.78 is 11.2. The highest BCUT2D eigenvalue weighted by Gasteiger charge is 2.07. The first-order valence-electron chi connectivity index (χ1n) is 6.18. The smallest absolute Gasteiger partial charge is 0.196 e. The van der Waals surface area contributed by atoms with Crippen molar-refractivity contribution in [2.75, 3.05) is 6.61 Å². The molecule has 94 valence electrons. The van der Waals surface area contributed by atoms with Gasteiger partial charge in [-0.05, 0) is 30.9 Å². The average molecular weight is 242 g/mol. The Balaban J connectivity index is 2.42. The molecule has 0 saturated carbocycles. The minimum atomic E-state index is -0.243. The van der Waals surface area contributed by atoms with Crippen LogP contribution in [-0.2, 0) is 4.74 Å². The average Bonchev–Trinajstić information content (AvgIpc) is 2.38. The van der Waals surface area contributed by atoms with Gasteiger partial charge >= 0.3 is 0 Å². The van der Waals surface area contributed by atoms with Crippen molar-refractivity contribution in [2.45, 2.75) is 20.1 Å². The summed E-state index contributed by atoms with van der Waals surface area (Å²) in [6.07, 6.45) is 1.62. The lowest BCUT2D eigenvalue weighted by Crippen LogP contribution is -2.16. The van der Waals surface area contributed by atoms with Crippen LogP contribution >= 0.6 is 0 Å². The van der Waals surface area contributed by atoms with Crippen LogP contribution in [0.2, 0.25) is 0 Å². The van der Waals surface area contributed by atoms with E-state index in [2.05, 4.69) is 18.7 Å². The predicted octanol–water partition coefficient (Wildman–Crippen LogP) is 4.24. The predicted molar refractivity (Wildman–Crippen MR) is 75.8 cm³/mol. The van der Waals surface area contributed by atoms with Gasteiger partial charge in [-0.3, -0.25) is 0 Å². The molecule has 0 amide bonds. The molecular formula is C16H18O2. The molecule has 0 spiro atoms. The van der Waals surface area contributed by atoms with E-state index >= 15 is 0 Å². The molecule has 2 aromatic carbocycles. The topological polar surface area (TPSA) is 18.5 Å². The van der Waals surface area contributed by atoms with E-state index in [4.69, 9.17) is 9.47 Å². The first kappa shape index (κ1) is 12.7. The van der Waals surface area contributed by atoms with Gasteiger partial charge in [-0.25, -0.2) is 0 Å². The summed E-state index contributed by atoms with van der Waals surface area (Å²) in [6, 6.07) is 12.1. The highest BCUT2D eigenvalue weighted by atomic mass is 16.7. The number of fused-ring (bicyclic) bond motifs is 1. The van der Waals surface area contributed by atoms with E-state index in [-0.39, 0.29) is 6.29 Å². The van der Waals surface area contributed by atoms with Gasteiger partial charge in [0.15, 0.2) is 6.29 Å². The highest BCUT2D eigenvalue weighted by Crippen LogP contribution is 2.29. The molecule has 1 atom stereocenters. The number of benzene rings is 2. The summed E-state index contributed by atoms with van der Waals surface area (Å²) in [6.45, 7) is 8.34. The van der Waals surface area contributed by atoms with Crippen LogP contribution in [0.25, 0.3) is 16.8 Å². The molecule has 2 rings (SSSR count). The van der Waals surface area contributed by atoms with E-state index in [0.29, 0.717) is 6.61 Å². The van der Waals surface area contributed by atoms with Crippen molar-refractivity contribution in [1.82, 2.24) is 0 Å². The third-order valence-electron chi connectivity index (χ3n) is 2.83. The molecule has 18 heavy (non-hydrogen) atoms. The van der Waals surface area contributed by atoms with Crippen LogP contribution in [0.4, 0.5) is 0 Å². The van der Waals surface area contributed by atoms with E-state index < -0.39 is 0 Å². The number of rotatable bonds is 5. The van der Waals surface area contributed by atoms with Gasteiger partial charge in [0.25, 0.3) is 0 Å². The Morgan fingerprint density at radius 2 is 1.89 bits per heavy atom. The van der Waals surface area contributed by atoms with Gasteiger partial charge in [0.2, 0.25) is 0 Å². The van der Waals surface area contributed by atoms with Crippen molar-refractivity contribution in [3.05, 3.63) is 48.5 Å². The lowest BCUT2D eigenvalue weighted by atomic mass is 10.0. The second-order valence-electron chi connectivity index (χ2n) is 4.04. The van der Waals surface area contributed by atoms with Crippen molar-refractivity contribution < 1.29 is 9.47 Å². The standard InChI is InChI=1S/C16H18O2/c1-4-13-8-6-10-15-14(13)9-7-11-16(15)18-12(3)17-5-2/h4,6-12H,1,5H2,2-3H3. The molecule has 0 bridgehead atoms. The van der Waals surface area contributed by atoms with Gasteiger partial charge in [-0.2, -0.15) is 0 Å². The van der Waals surface area contributed by atoms with Crippen LogP contribution in [0.5, 0.6) is 5.75 Å². The number of ether oxygens (including phenoxy) is 2. The van der Waals surface area contributed by atoms with Crippen molar-refractivity contribution in [1.29, 1.82) is 0 Å². The van der Waals surface area contributed by atoms with E-state index in [1.807, 2.05) is 44.2 Å². The van der Waals surface area contributed by atoms with E-state index in [9.17, 15) is 0 Å². The zero-order valence-electron chi connectivity index (χ0n) is 10.8. The lowest BCUT2D eigenvalue weighted by molar-refractivity contribution is -0.0605. The highest BCUT2D eigenvalue weighted by molar-refractivity contribution is 5.94. The quantitative estimate of drug-likeness (QED) is 0.730. The molecule has 0 N–H and O–H groups in total. The maximum absolute atomic E-state index is 5.81. The molecule has 0 aliphatic carbocycles. The second-order valence-corrected chi connectivity index (χ2v) is 4.04. The van der Waals surface area contributed by atoms with E-state index in [1.54, 1.807) is 0 Å². The third-order valence-corrected chi connectivity index (χ3v) is 2.83. The molecule has 1 unspecified atom stereocenters.